The topological polar surface area (TPSA) is 70.1 Å². The average Bonchev–Trinajstić information content (AvgIpc) is 2.37. The zero-order valence-electron chi connectivity index (χ0n) is 10.4. The van der Waals surface area contributed by atoms with Crippen molar-refractivity contribution in [1.29, 1.82) is 5.26 Å². The summed E-state index contributed by atoms with van der Waals surface area (Å²) >= 11 is 0. The molecule has 1 rings (SSSR count). The molecule has 0 heterocycles. The van der Waals surface area contributed by atoms with E-state index in [1.54, 1.807) is 45.2 Å². The highest BCUT2D eigenvalue weighted by Crippen LogP contribution is 2.22. The number of carbonyl (C=O) groups excluding carboxylic acids is 1. The van der Waals surface area contributed by atoms with Gasteiger partial charge >= 0.3 is 0 Å². The molecule has 0 spiro atoms. The molecule has 0 unspecified atom stereocenters. The molecule has 2 N–H and O–H groups in total. The van der Waals surface area contributed by atoms with Crippen molar-refractivity contribution >= 4 is 11.6 Å². The number of amides is 1. The fourth-order valence-corrected chi connectivity index (χ4v) is 1.44. The maximum absolute atomic E-state index is 12.2. The van der Waals surface area contributed by atoms with E-state index >= 15 is 0 Å². The number of nitrogens with zero attached hydrogens (tertiary/aromatic N) is 2. The fraction of sp³-hybridized carbons (Fsp3) is 0.385. The highest BCUT2D eigenvalue weighted by atomic mass is 16.2. The number of carbonyl (C=O) groups is 1. The van der Waals surface area contributed by atoms with Crippen molar-refractivity contribution in [3.63, 3.8) is 0 Å². The van der Waals surface area contributed by atoms with E-state index in [0.717, 1.165) is 0 Å². The van der Waals surface area contributed by atoms with E-state index in [0.29, 0.717) is 11.3 Å². The number of benzene rings is 1. The van der Waals surface area contributed by atoms with Gasteiger partial charge in [0.2, 0.25) is 5.91 Å². The smallest absolute Gasteiger partial charge is 0.233 e. The molecule has 0 aliphatic carbocycles. The molecule has 4 nitrogen and oxygen atoms in total. The molecule has 0 radical (unpaired) electrons. The van der Waals surface area contributed by atoms with Gasteiger partial charge in [-0.05, 0) is 32.0 Å². The van der Waals surface area contributed by atoms with Gasteiger partial charge in [0.1, 0.15) is 0 Å². The molecule has 0 saturated heterocycles. The minimum atomic E-state index is -0.600. The average molecular weight is 231 g/mol. The maximum atomic E-state index is 12.2. The van der Waals surface area contributed by atoms with E-state index < -0.39 is 5.41 Å². The number of nitriles is 1. The highest BCUT2D eigenvalue weighted by Gasteiger charge is 2.29. The number of rotatable bonds is 3. The fourth-order valence-electron chi connectivity index (χ4n) is 1.44. The molecule has 0 aromatic heterocycles. The summed E-state index contributed by atoms with van der Waals surface area (Å²) in [7, 11) is 1.69. The summed E-state index contributed by atoms with van der Waals surface area (Å²) in [4.78, 5) is 13.7. The van der Waals surface area contributed by atoms with Crippen molar-refractivity contribution < 1.29 is 4.79 Å². The third-order valence-electron chi connectivity index (χ3n) is 2.76. The van der Waals surface area contributed by atoms with Crippen molar-refractivity contribution in [2.45, 2.75) is 13.8 Å². The quantitative estimate of drug-likeness (QED) is 0.857. The summed E-state index contributed by atoms with van der Waals surface area (Å²) in [5.41, 5.74) is 6.22. The minimum absolute atomic E-state index is 0.0601. The molecular weight excluding hydrogens is 214 g/mol. The number of hydrogen-bond donors (Lipinski definition) is 1. The highest BCUT2D eigenvalue weighted by molar-refractivity contribution is 5.96. The van der Waals surface area contributed by atoms with Gasteiger partial charge in [-0.15, -0.1) is 0 Å². The van der Waals surface area contributed by atoms with Crippen molar-refractivity contribution in [3.05, 3.63) is 29.8 Å². The van der Waals surface area contributed by atoms with Gasteiger partial charge in [0.15, 0.2) is 0 Å². The molecule has 90 valence electrons. The van der Waals surface area contributed by atoms with Crippen LogP contribution in [0.25, 0.3) is 0 Å². The van der Waals surface area contributed by atoms with Crippen molar-refractivity contribution in [2.24, 2.45) is 11.1 Å². The van der Waals surface area contributed by atoms with Gasteiger partial charge in [-0.2, -0.15) is 5.26 Å². The Morgan fingerprint density at radius 3 is 2.71 bits per heavy atom. The van der Waals surface area contributed by atoms with Crippen LogP contribution in [0.3, 0.4) is 0 Å². The number of anilines is 1. The summed E-state index contributed by atoms with van der Waals surface area (Å²) in [5.74, 6) is -0.0601. The number of hydrogen-bond acceptors (Lipinski definition) is 3. The van der Waals surface area contributed by atoms with Crippen LogP contribution in [0.5, 0.6) is 0 Å². The van der Waals surface area contributed by atoms with Crippen molar-refractivity contribution in [2.75, 3.05) is 18.5 Å². The van der Waals surface area contributed by atoms with Crippen molar-refractivity contribution in [1.82, 2.24) is 0 Å². The third-order valence-corrected chi connectivity index (χ3v) is 2.76. The molecule has 4 heteroatoms. The largest absolute Gasteiger partial charge is 0.329 e. The molecule has 1 aromatic carbocycles. The molecular formula is C13H17N3O. The van der Waals surface area contributed by atoms with E-state index in [9.17, 15) is 4.79 Å². The van der Waals surface area contributed by atoms with Gasteiger partial charge in [0.05, 0.1) is 17.0 Å². The molecule has 0 aliphatic rings. The van der Waals surface area contributed by atoms with Crippen LogP contribution in [-0.2, 0) is 4.79 Å². The van der Waals surface area contributed by atoms with E-state index in [-0.39, 0.29) is 12.5 Å². The molecule has 1 aromatic rings. The van der Waals surface area contributed by atoms with Crippen LogP contribution >= 0.6 is 0 Å². The Labute approximate surface area is 102 Å². The zero-order valence-corrected chi connectivity index (χ0v) is 10.4. The van der Waals surface area contributed by atoms with Gasteiger partial charge in [-0.3, -0.25) is 4.79 Å². The summed E-state index contributed by atoms with van der Waals surface area (Å²) in [6, 6.07) is 8.99. The second kappa shape index (κ2) is 4.98. The SMILES string of the molecule is CN(C(=O)C(C)(C)CN)c1cccc(C#N)c1. The van der Waals surface area contributed by atoms with Gasteiger partial charge in [0.25, 0.3) is 0 Å². The Bertz CT molecular complexity index is 460. The summed E-state index contributed by atoms with van der Waals surface area (Å²) in [5, 5.41) is 8.82. The summed E-state index contributed by atoms with van der Waals surface area (Å²) in [6.07, 6.45) is 0. The Morgan fingerprint density at radius 1 is 1.53 bits per heavy atom. The van der Waals surface area contributed by atoms with Crippen molar-refractivity contribution in [3.8, 4) is 6.07 Å². The van der Waals surface area contributed by atoms with Crippen LogP contribution in [0.2, 0.25) is 0 Å². The van der Waals surface area contributed by atoms with Crippen LogP contribution in [0.1, 0.15) is 19.4 Å². The van der Waals surface area contributed by atoms with Gasteiger partial charge < -0.3 is 10.6 Å². The van der Waals surface area contributed by atoms with E-state index in [2.05, 4.69) is 6.07 Å². The van der Waals surface area contributed by atoms with E-state index in [1.807, 2.05) is 0 Å². The first kappa shape index (κ1) is 13.2. The molecule has 0 bridgehead atoms. The molecule has 0 saturated carbocycles. The molecule has 0 fully saturated rings. The lowest BCUT2D eigenvalue weighted by Crippen LogP contribution is -2.42. The standard InChI is InChI=1S/C13H17N3O/c1-13(2,9-15)12(17)16(3)11-6-4-5-10(7-11)8-14/h4-7H,9,15H2,1-3H3. The lowest BCUT2D eigenvalue weighted by molar-refractivity contribution is -0.125. The Hall–Kier alpha value is -1.86. The second-order valence-electron chi connectivity index (χ2n) is 4.61. The van der Waals surface area contributed by atoms with Crippen LogP contribution in [-0.4, -0.2) is 19.5 Å². The third kappa shape index (κ3) is 2.83. The zero-order chi connectivity index (χ0) is 13.1. The maximum Gasteiger partial charge on any atom is 0.233 e. The molecule has 1 amide bonds. The summed E-state index contributed by atoms with van der Waals surface area (Å²) in [6.45, 7) is 3.90. The monoisotopic (exact) mass is 231 g/mol. The van der Waals surface area contributed by atoms with Crippen LogP contribution in [0.4, 0.5) is 5.69 Å². The lowest BCUT2D eigenvalue weighted by atomic mass is 9.92. The molecule has 17 heavy (non-hydrogen) atoms. The van der Waals surface area contributed by atoms with E-state index in [4.69, 9.17) is 11.0 Å². The van der Waals surface area contributed by atoms with Gasteiger partial charge in [-0.1, -0.05) is 6.07 Å². The first-order valence-electron chi connectivity index (χ1n) is 5.41. The predicted octanol–water partition coefficient (Wildman–Crippen LogP) is 1.51. The second-order valence-corrected chi connectivity index (χ2v) is 4.61. The first-order chi connectivity index (χ1) is 7.92. The predicted molar refractivity (Wildman–Crippen MR) is 67.4 cm³/mol. The Morgan fingerprint density at radius 2 is 2.18 bits per heavy atom. The molecule has 0 aliphatic heterocycles. The van der Waals surface area contributed by atoms with E-state index in [1.165, 1.54) is 4.90 Å². The van der Waals surface area contributed by atoms with Crippen LogP contribution in [0, 0.1) is 16.7 Å². The summed E-state index contributed by atoms with van der Waals surface area (Å²) < 4.78 is 0. The lowest BCUT2D eigenvalue weighted by Gasteiger charge is -2.28. The minimum Gasteiger partial charge on any atom is -0.329 e. The van der Waals surface area contributed by atoms with Gasteiger partial charge in [-0.25, -0.2) is 0 Å². The Kier molecular flexibility index (Phi) is 3.87. The first-order valence-corrected chi connectivity index (χ1v) is 5.41. The van der Waals surface area contributed by atoms with Gasteiger partial charge in [0, 0.05) is 19.3 Å². The van der Waals surface area contributed by atoms with Crippen LogP contribution in [0.15, 0.2) is 24.3 Å². The number of nitrogens with two attached hydrogens (primary N) is 1. The normalized spacial score (nSPS) is 10.8. The molecule has 0 atom stereocenters. The van der Waals surface area contributed by atoms with Crippen LogP contribution < -0.4 is 10.6 Å². The Balaban J connectivity index is 3.01.